The lowest BCUT2D eigenvalue weighted by Gasteiger charge is -2.34. The first-order valence-corrected chi connectivity index (χ1v) is 14.1. The van der Waals surface area contributed by atoms with E-state index in [1.54, 1.807) is 6.92 Å². The zero-order valence-corrected chi connectivity index (χ0v) is 22.6. The highest BCUT2D eigenvalue weighted by Crippen LogP contribution is 2.45. The molecule has 3 fully saturated rings. The molecule has 3 aromatic rings. The van der Waals surface area contributed by atoms with Gasteiger partial charge in [-0.25, -0.2) is 27.2 Å². The lowest BCUT2D eigenvalue weighted by molar-refractivity contribution is -0.134. The molecule has 1 aromatic carbocycles. The molecule has 3 N–H and O–H groups in total. The highest BCUT2D eigenvalue weighted by Gasteiger charge is 2.46. The number of aromatic amines is 1. The summed E-state index contributed by atoms with van der Waals surface area (Å²) in [6.07, 6.45) is 1.35. The van der Waals surface area contributed by atoms with Crippen LogP contribution in [0.5, 0.6) is 0 Å². The zero-order valence-electron chi connectivity index (χ0n) is 22.6. The second kappa shape index (κ2) is 10.4. The molecule has 2 aromatic heterocycles. The van der Waals surface area contributed by atoms with Gasteiger partial charge in [-0.15, -0.1) is 0 Å². The lowest BCUT2D eigenvalue weighted by Crippen LogP contribution is -2.39. The fourth-order valence-corrected chi connectivity index (χ4v) is 6.17. The Balaban J connectivity index is 1.23. The topological polar surface area (TPSA) is 126 Å². The summed E-state index contributed by atoms with van der Waals surface area (Å²) < 4.78 is 59.0. The van der Waals surface area contributed by atoms with E-state index in [2.05, 4.69) is 30.6 Å². The largest absolute Gasteiger partial charge is 0.349 e. The Bertz CT molecular complexity index is 1430. The summed E-state index contributed by atoms with van der Waals surface area (Å²) in [5.41, 5.74) is 2.49. The number of aryl methyl sites for hydroxylation is 1. The fraction of sp³-hybridized carbons (Fsp3) is 0.607. The number of hydrogen-bond acceptors (Lipinski definition) is 6. The summed E-state index contributed by atoms with van der Waals surface area (Å²) >= 11 is 0. The molecular weight excluding hydrogens is 544 g/mol. The average Bonchev–Trinajstić information content (AvgIpc) is 3.50. The Kier molecular flexibility index (Phi) is 7.01. The molecule has 0 spiro atoms. The Morgan fingerprint density at radius 3 is 2.34 bits per heavy atom. The van der Waals surface area contributed by atoms with Crippen molar-refractivity contribution < 1.29 is 31.8 Å². The van der Waals surface area contributed by atoms with Gasteiger partial charge in [-0.2, -0.15) is 0 Å². The summed E-state index contributed by atoms with van der Waals surface area (Å²) in [6, 6.07) is 4.67. The van der Waals surface area contributed by atoms with E-state index in [9.17, 15) is 27.2 Å². The lowest BCUT2D eigenvalue weighted by atomic mass is 9.79. The molecule has 2 amide bonds. The molecule has 0 saturated heterocycles. The second-order valence-electron chi connectivity index (χ2n) is 12.0. The maximum Gasteiger partial charge on any atom is 0.276 e. The number of imidazole rings is 1. The second-order valence-corrected chi connectivity index (χ2v) is 12.0. The predicted molar refractivity (Wildman–Crippen MR) is 138 cm³/mol. The van der Waals surface area contributed by atoms with Crippen molar-refractivity contribution in [2.75, 3.05) is 0 Å². The number of alkyl halides is 4. The van der Waals surface area contributed by atoms with E-state index in [-0.39, 0.29) is 80.3 Å². The number of benzene rings is 1. The highest BCUT2D eigenvalue weighted by atomic mass is 19.3. The minimum atomic E-state index is -2.73. The van der Waals surface area contributed by atoms with Gasteiger partial charge < -0.3 is 15.6 Å². The van der Waals surface area contributed by atoms with Crippen LogP contribution in [-0.4, -0.2) is 43.9 Å². The molecule has 3 aliphatic rings. The molecule has 9 nitrogen and oxygen atoms in total. The number of fused-ring (bicyclic) bond motifs is 1. The number of nitrogens with zero attached hydrogens (tertiary/aromatic N) is 3. The van der Waals surface area contributed by atoms with E-state index in [4.69, 9.17) is 4.98 Å². The van der Waals surface area contributed by atoms with Gasteiger partial charge in [-0.1, -0.05) is 11.2 Å². The molecule has 3 saturated carbocycles. The van der Waals surface area contributed by atoms with E-state index >= 15 is 0 Å². The van der Waals surface area contributed by atoms with Crippen LogP contribution in [0.15, 0.2) is 22.8 Å². The Hall–Kier alpha value is -3.51. The summed E-state index contributed by atoms with van der Waals surface area (Å²) in [4.78, 5) is 33.7. The van der Waals surface area contributed by atoms with E-state index in [0.29, 0.717) is 22.6 Å². The van der Waals surface area contributed by atoms with Gasteiger partial charge in [0.25, 0.3) is 5.91 Å². The van der Waals surface area contributed by atoms with Gasteiger partial charge >= 0.3 is 0 Å². The first-order valence-electron chi connectivity index (χ1n) is 14.1. The molecule has 41 heavy (non-hydrogen) atoms. The summed E-state index contributed by atoms with van der Waals surface area (Å²) in [5.74, 6) is -6.05. The summed E-state index contributed by atoms with van der Waals surface area (Å²) in [7, 11) is 0. The van der Waals surface area contributed by atoms with Crippen LogP contribution < -0.4 is 10.6 Å². The Morgan fingerprint density at radius 1 is 1.00 bits per heavy atom. The van der Waals surface area contributed by atoms with Gasteiger partial charge in [-0.3, -0.25) is 9.59 Å². The third kappa shape index (κ3) is 6.08. The average molecular weight is 577 g/mol. The third-order valence-corrected chi connectivity index (χ3v) is 8.62. The van der Waals surface area contributed by atoms with Crippen LogP contribution >= 0.6 is 0 Å². The first-order chi connectivity index (χ1) is 19.5. The fourth-order valence-electron chi connectivity index (χ4n) is 6.17. The molecule has 2 heterocycles. The van der Waals surface area contributed by atoms with Crippen LogP contribution in [0.25, 0.3) is 11.0 Å². The van der Waals surface area contributed by atoms with Crippen molar-refractivity contribution in [3.63, 3.8) is 0 Å². The van der Waals surface area contributed by atoms with E-state index < -0.39 is 23.8 Å². The molecule has 2 atom stereocenters. The smallest absolute Gasteiger partial charge is 0.276 e. The van der Waals surface area contributed by atoms with Crippen LogP contribution in [0.4, 0.5) is 17.6 Å². The number of aromatic nitrogens is 4. The van der Waals surface area contributed by atoms with Gasteiger partial charge in [0, 0.05) is 32.1 Å². The summed E-state index contributed by atoms with van der Waals surface area (Å²) in [5, 5.41) is 13.3. The third-order valence-electron chi connectivity index (χ3n) is 8.62. The van der Waals surface area contributed by atoms with Gasteiger partial charge in [0.05, 0.1) is 23.1 Å². The van der Waals surface area contributed by atoms with Gasteiger partial charge in [-0.05, 0) is 73.2 Å². The van der Waals surface area contributed by atoms with Crippen LogP contribution in [-0.2, 0) is 4.79 Å². The number of H-pyrrole nitrogens is 1. The van der Waals surface area contributed by atoms with Gasteiger partial charge in [0.15, 0.2) is 5.69 Å². The normalized spacial score (nSPS) is 22.2. The molecular formula is C28H32F4N6O3. The van der Waals surface area contributed by atoms with Crippen LogP contribution in [0, 0.1) is 24.7 Å². The number of halogens is 4. The molecule has 220 valence electrons. The molecule has 0 bridgehead atoms. The number of rotatable bonds is 9. The number of carbonyl (C=O) groups is 2. The Labute approximate surface area is 233 Å². The van der Waals surface area contributed by atoms with Crippen molar-refractivity contribution >= 4 is 22.8 Å². The van der Waals surface area contributed by atoms with E-state index in [1.165, 1.54) is 0 Å². The maximum atomic E-state index is 14.0. The zero-order chi connectivity index (χ0) is 28.9. The van der Waals surface area contributed by atoms with Crippen molar-refractivity contribution in [3.8, 4) is 0 Å². The van der Waals surface area contributed by atoms with Crippen LogP contribution in [0.3, 0.4) is 0 Å². The highest BCUT2D eigenvalue weighted by molar-refractivity contribution is 5.93. The van der Waals surface area contributed by atoms with E-state index in [0.717, 1.165) is 18.4 Å². The maximum absolute atomic E-state index is 14.0. The van der Waals surface area contributed by atoms with Gasteiger partial charge in [0.1, 0.15) is 11.5 Å². The standard InChI is InChI=1S/C28H32F4N6O3/c1-14-22(38-41-37-14)26(40)36-24(17-6-8-27(29,30)9-7-17)25-33-19-5-4-18(11-20(19)34-25)23(16-2-3-16)35-21(39)10-15-12-28(31,32)13-15/h4-5,11,15-17,23-24H,2-3,6-10,12-13H2,1H3,(H,33,34)(H,35,39)(H,36,40). The number of carbonyl (C=O) groups excluding carboxylic acids is 2. The van der Waals surface area contributed by atoms with Gasteiger partial charge in [0.2, 0.25) is 17.8 Å². The Morgan fingerprint density at radius 2 is 1.71 bits per heavy atom. The number of nitrogens with one attached hydrogen (secondary N) is 3. The minimum Gasteiger partial charge on any atom is -0.349 e. The van der Waals surface area contributed by atoms with Crippen LogP contribution in [0.1, 0.15) is 97.4 Å². The SMILES string of the molecule is Cc1nonc1C(=O)NC(c1nc2ccc(C(NC(=O)CC3CC(F)(F)C3)C3CC3)cc2[nH]1)C1CCC(F)(F)CC1. The quantitative estimate of drug-likeness (QED) is 0.287. The van der Waals surface area contributed by atoms with Crippen LogP contribution in [0.2, 0.25) is 0 Å². The van der Waals surface area contributed by atoms with Crippen molar-refractivity contribution in [1.82, 2.24) is 30.9 Å². The molecule has 2 unspecified atom stereocenters. The molecule has 13 heteroatoms. The number of hydrogen-bond donors (Lipinski definition) is 3. The molecule has 0 radical (unpaired) electrons. The predicted octanol–water partition coefficient (Wildman–Crippen LogP) is 5.55. The van der Waals surface area contributed by atoms with Crippen molar-refractivity contribution in [1.29, 1.82) is 0 Å². The first kappa shape index (κ1) is 27.6. The summed E-state index contributed by atoms with van der Waals surface area (Å²) in [6.45, 7) is 1.58. The molecule has 6 rings (SSSR count). The molecule has 0 aliphatic heterocycles. The van der Waals surface area contributed by atoms with Crippen molar-refractivity contribution in [2.24, 2.45) is 17.8 Å². The monoisotopic (exact) mass is 576 g/mol. The van der Waals surface area contributed by atoms with E-state index in [1.807, 2.05) is 18.2 Å². The minimum absolute atomic E-state index is 0.0168. The van der Waals surface area contributed by atoms with Crippen molar-refractivity contribution in [3.05, 3.63) is 41.0 Å². The molecule has 3 aliphatic carbocycles. The number of amides is 2. The van der Waals surface area contributed by atoms with Crippen molar-refractivity contribution in [2.45, 2.75) is 88.6 Å².